The first kappa shape index (κ1) is 26.1. The summed E-state index contributed by atoms with van der Waals surface area (Å²) in [5.74, 6) is 0.265. The predicted molar refractivity (Wildman–Crippen MR) is 135 cm³/mol. The minimum Gasteiger partial charge on any atom is -0.461 e. The van der Waals surface area contributed by atoms with Gasteiger partial charge < -0.3 is 15.2 Å². The summed E-state index contributed by atoms with van der Waals surface area (Å²) in [6, 6.07) is 0. The Bertz CT molecular complexity index is 1010. The van der Waals surface area contributed by atoms with E-state index in [1.54, 1.807) is 7.05 Å². The molecule has 0 unspecified atom stereocenters. The Morgan fingerprint density at radius 1 is 1.34 bits per heavy atom. The van der Waals surface area contributed by atoms with Crippen LogP contribution in [0.5, 0.6) is 0 Å². The van der Waals surface area contributed by atoms with Crippen molar-refractivity contribution >= 4 is 29.5 Å². The number of hydrogen-bond donors (Lipinski definition) is 2. The normalized spacial score (nSPS) is 40.9. The van der Waals surface area contributed by atoms with Crippen molar-refractivity contribution < 1.29 is 19.4 Å². The summed E-state index contributed by atoms with van der Waals surface area (Å²) in [7, 11) is 1.72. The number of carbonyl (C=O) groups is 2. The monoisotopic (exact) mass is 502 g/mol. The molecule has 192 valence electrons. The molecule has 8 nitrogen and oxygen atoms in total. The highest BCUT2D eigenvalue weighted by molar-refractivity contribution is 7.99. The maximum Gasteiger partial charge on any atom is 0.316 e. The average molecular weight is 503 g/mol. The van der Waals surface area contributed by atoms with E-state index in [4.69, 9.17) is 4.74 Å². The molecule has 3 aliphatic rings. The van der Waals surface area contributed by atoms with Crippen LogP contribution in [0.4, 0.5) is 5.95 Å². The highest BCUT2D eigenvalue weighted by Crippen LogP contribution is 2.68. The van der Waals surface area contributed by atoms with E-state index < -0.39 is 23.0 Å². The van der Waals surface area contributed by atoms with Crippen molar-refractivity contribution in [2.75, 3.05) is 18.1 Å². The van der Waals surface area contributed by atoms with Crippen LogP contribution in [0.1, 0.15) is 59.8 Å². The molecular weight excluding hydrogens is 464 g/mol. The Morgan fingerprint density at radius 3 is 2.77 bits per heavy atom. The van der Waals surface area contributed by atoms with E-state index in [9.17, 15) is 14.7 Å². The van der Waals surface area contributed by atoms with Gasteiger partial charge in [0.15, 0.2) is 5.16 Å². The molecular formula is C26H38N4O4S. The van der Waals surface area contributed by atoms with Gasteiger partial charge in [0.2, 0.25) is 5.95 Å². The molecule has 0 saturated heterocycles. The maximum absolute atomic E-state index is 13.4. The largest absolute Gasteiger partial charge is 0.461 e. The molecule has 0 radical (unpaired) electrons. The number of aromatic nitrogens is 3. The third-order valence-electron chi connectivity index (χ3n) is 9.67. The van der Waals surface area contributed by atoms with Gasteiger partial charge in [-0.1, -0.05) is 45.5 Å². The number of nitrogens with one attached hydrogen (secondary N) is 1. The van der Waals surface area contributed by atoms with E-state index >= 15 is 0 Å². The number of ketones is 1. The van der Waals surface area contributed by atoms with Crippen LogP contribution in [-0.2, 0) is 14.3 Å². The molecule has 3 fully saturated rings. The number of carbonyl (C=O) groups excluding carboxylic acids is 2. The van der Waals surface area contributed by atoms with Crippen LogP contribution in [0.15, 0.2) is 24.1 Å². The standard InChI is InChI=1S/C26H38N4O4S/c1-7-24(4)12-18(34-19(32)13-35-23-29-14-28-22(27-6)30-23)25(5)15(2)8-10-26(16(3)21(24)33)11-9-17(31)20(25)26/h7,14-16,18,20-21,33H,1,8-13H2,2-6H3,(H,27,28,29,30)/t15-,16+,18-,20+,21+,24-,25+,26+/m1/s1. The van der Waals surface area contributed by atoms with Gasteiger partial charge in [0.1, 0.15) is 18.2 Å². The molecule has 0 aliphatic heterocycles. The lowest BCUT2D eigenvalue weighted by Crippen LogP contribution is -2.63. The number of aliphatic hydroxyl groups is 1. The van der Waals surface area contributed by atoms with Crippen LogP contribution >= 0.6 is 11.8 Å². The van der Waals surface area contributed by atoms with Gasteiger partial charge in [0.25, 0.3) is 0 Å². The van der Waals surface area contributed by atoms with Crippen molar-refractivity contribution in [3.05, 3.63) is 19.0 Å². The van der Waals surface area contributed by atoms with Gasteiger partial charge in [0, 0.05) is 30.2 Å². The van der Waals surface area contributed by atoms with Crippen LogP contribution in [0, 0.1) is 34.0 Å². The molecule has 3 saturated carbocycles. The molecule has 0 aromatic carbocycles. The summed E-state index contributed by atoms with van der Waals surface area (Å²) in [6.45, 7) is 12.5. The molecule has 2 N–H and O–H groups in total. The number of nitrogens with zero attached hydrogens (tertiary/aromatic N) is 3. The minimum atomic E-state index is -0.674. The van der Waals surface area contributed by atoms with E-state index in [-0.39, 0.29) is 40.7 Å². The molecule has 3 aliphatic carbocycles. The first-order valence-electron chi connectivity index (χ1n) is 12.5. The van der Waals surface area contributed by atoms with E-state index in [2.05, 4.69) is 47.6 Å². The summed E-state index contributed by atoms with van der Waals surface area (Å²) < 4.78 is 6.24. The minimum absolute atomic E-state index is 0.0433. The Labute approximate surface area is 212 Å². The molecule has 4 rings (SSSR count). The van der Waals surface area contributed by atoms with Gasteiger partial charge in [-0.2, -0.15) is 4.98 Å². The quantitative estimate of drug-likeness (QED) is 0.339. The fourth-order valence-electron chi connectivity index (χ4n) is 7.29. The molecule has 8 atom stereocenters. The topological polar surface area (TPSA) is 114 Å². The number of esters is 1. The Hall–Kier alpha value is -2.00. The molecule has 9 heteroatoms. The van der Waals surface area contributed by atoms with Crippen molar-refractivity contribution in [1.29, 1.82) is 0 Å². The van der Waals surface area contributed by atoms with E-state index in [0.717, 1.165) is 19.3 Å². The molecule has 35 heavy (non-hydrogen) atoms. The maximum atomic E-state index is 13.4. The Balaban J connectivity index is 1.66. The molecule has 0 amide bonds. The summed E-state index contributed by atoms with van der Waals surface area (Å²) in [5, 5.41) is 14.9. The van der Waals surface area contributed by atoms with Crippen LogP contribution in [-0.4, -0.2) is 56.8 Å². The zero-order valence-electron chi connectivity index (χ0n) is 21.4. The SMILES string of the molecule is C=C[C@]1(C)C[C@@H](OC(=O)CSc2ncnc(NC)n2)[C@]2(C)[C@H](C)CC[C@]3(CCC(=O)[C@H]32)[C@@H](C)[C@@H]1O. The Morgan fingerprint density at radius 2 is 2.09 bits per heavy atom. The zero-order valence-corrected chi connectivity index (χ0v) is 22.2. The number of thioether (sulfide) groups is 1. The third kappa shape index (κ3) is 4.18. The van der Waals surface area contributed by atoms with Gasteiger partial charge in [-0.05, 0) is 42.9 Å². The molecule has 1 aromatic rings. The smallest absolute Gasteiger partial charge is 0.316 e. The number of hydrogen-bond acceptors (Lipinski definition) is 9. The first-order chi connectivity index (χ1) is 16.5. The summed E-state index contributed by atoms with van der Waals surface area (Å²) in [5.41, 5.74) is -1.44. The van der Waals surface area contributed by atoms with Gasteiger partial charge in [-0.25, -0.2) is 9.97 Å². The second kappa shape index (κ2) is 9.47. The lowest BCUT2D eigenvalue weighted by atomic mass is 9.44. The number of aliphatic hydroxyl groups excluding tert-OH is 1. The number of anilines is 1. The van der Waals surface area contributed by atoms with Crippen LogP contribution in [0.3, 0.4) is 0 Å². The van der Waals surface area contributed by atoms with Gasteiger partial charge >= 0.3 is 5.97 Å². The summed E-state index contributed by atoms with van der Waals surface area (Å²) in [4.78, 5) is 39.0. The van der Waals surface area contributed by atoms with Gasteiger partial charge in [0.05, 0.1) is 11.9 Å². The lowest BCUT2D eigenvalue weighted by molar-refractivity contribution is -0.205. The van der Waals surface area contributed by atoms with Crippen LogP contribution in [0.25, 0.3) is 0 Å². The Kier molecular flexibility index (Phi) is 7.05. The zero-order chi connectivity index (χ0) is 25.6. The summed E-state index contributed by atoms with van der Waals surface area (Å²) >= 11 is 1.19. The van der Waals surface area contributed by atoms with E-state index in [1.807, 2.05) is 13.0 Å². The first-order valence-corrected chi connectivity index (χ1v) is 13.5. The van der Waals surface area contributed by atoms with Gasteiger partial charge in [-0.3, -0.25) is 9.59 Å². The van der Waals surface area contributed by atoms with E-state index in [0.29, 0.717) is 23.9 Å². The van der Waals surface area contributed by atoms with Crippen molar-refractivity contribution in [3.63, 3.8) is 0 Å². The number of Topliss-reactive ketones (excluding diaryl/α,β-unsaturated/α-hetero) is 1. The van der Waals surface area contributed by atoms with E-state index in [1.165, 1.54) is 18.1 Å². The van der Waals surface area contributed by atoms with Gasteiger partial charge in [-0.15, -0.1) is 6.58 Å². The highest BCUT2D eigenvalue weighted by Gasteiger charge is 2.68. The second-order valence-electron chi connectivity index (χ2n) is 11.2. The fraction of sp³-hybridized carbons (Fsp3) is 0.731. The average Bonchev–Trinajstić information content (AvgIpc) is 3.21. The predicted octanol–water partition coefficient (Wildman–Crippen LogP) is 3.91. The molecule has 1 heterocycles. The number of rotatable bonds is 6. The van der Waals surface area contributed by atoms with Crippen molar-refractivity contribution in [1.82, 2.24) is 15.0 Å². The second-order valence-corrected chi connectivity index (χ2v) is 12.1. The number of ether oxygens (including phenoxy) is 1. The summed E-state index contributed by atoms with van der Waals surface area (Å²) in [6.07, 6.45) is 5.61. The molecule has 2 bridgehead atoms. The van der Waals surface area contributed by atoms with Crippen molar-refractivity contribution in [2.24, 2.45) is 34.0 Å². The van der Waals surface area contributed by atoms with Crippen molar-refractivity contribution in [2.45, 2.75) is 77.2 Å². The third-order valence-corrected chi connectivity index (χ3v) is 10.5. The lowest BCUT2D eigenvalue weighted by Gasteiger charge is -2.61. The highest BCUT2D eigenvalue weighted by atomic mass is 32.2. The molecule has 1 aromatic heterocycles. The van der Waals surface area contributed by atoms with Crippen LogP contribution in [0.2, 0.25) is 0 Å². The fourth-order valence-corrected chi connectivity index (χ4v) is 7.88. The van der Waals surface area contributed by atoms with Crippen molar-refractivity contribution in [3.8, 4) is 0 Å². The van der Waals surface area contributed by atoms with Crippen LogP contribution < -0.4 is 5.32 Å². The molecule has 0 spiro atoms.